The van der Waals surface area contributed by atoms with E-state index in [1.54, 1.807) is 50.2 Å². The van der Waals surface area contributed by atoms with Gasteiger partial charge in [0.2, 0.25) is 0 Å². The van der Waals surface area contributed by atoms with E-state index in [9.17, 15) is 4.39 Å². The number of guanidine groups is 1. The van der Waals surface area contributed by atoms with Gasteiger partial charge in [0, 0.05) is 22.4 Å². The van der Waals surface area contributed by atoms with Crippen molar-refractivity contribution in [1.29, 1.82) is 0 Å². The molecular formula is C17H20FN3O2S. The Labute approximate surface area is 145 Å². The molecule has 0 atom stereocenters. The Morgan fingerprint density at radius 2 is 1.83 bits per heavy atom. The molecule has 0 radical (unpaired) electrons. The van der Waals surface area contributed by atoms with Gasteiger partial charge >= 0.3 is 0 Å². The van der Waals surface area contributed by atoms with Crippen LogP contribution in [0.5, 0.6) is 11.5 Å². The Bertz CT molecular complexity index is 693. The molecule has 0 saturated heterocycles. The summed E-state index contributed by atoms with van der Waals surface area (Å²) in [6, 6.07) is 11.8. The number of halogens is 1. The summed E-state index contributed by atoms with van der Waals surface area (Å²) in [5, 5.41) is 3.01. The Balaban J connectivity index is 1.84. The summed E-state index contributed by atoms with van der Waals surface area (Å²) in [7, 11) is 3.16. The van der Waals surface area contributed by atoms with Gasteiger partial charge in [-0.25, -0.2) is 4.39 Å². The molecule has 0 amide bonds. The Hall–Kier alpha value is -2.41. The van der Waals surface area contributed by atoms with E-state index in [1.165, 1.54) is 12.1 Å². The molecule has 0 unspecified atom stereocenters. The van der Waals surface area contributed by atoms with Crippen LogP contribution in [0.15, 0.2) is 52.4 Å². The molecule has 24 heavy (non-hydrogen) atoms. The predicted molar refractivity (Wildman–Crippen MR) is 96.8 cm³/mol. The Kier molecular flexibility index (Phi) is 6.74. The number of rotatable bonds is 7. The quantitative estimate of drug-likeness (QED) is 0.347. The predicted octanol–water partition coefficient (Wildman–Crippen LogP) is 3.36. The van der Waals surface area contributed by atoms with Crippen molar-refractivity contribution >= 4 is 23.4 Å². The highest BCUT2D eigenvalue weighted by molar-refractivity contribution is 7.99. The third-order valence-electron chi connectivity index (χ3n) is 3.11. The van der Waals surface area contributed by atoms with Crippen LogP contribution in [0.4, 0.5) is 10.1 Å². The second-order valence-corrected chi connectivity index (χ2v) is 5.93. The first kappa shape index (κ1) is 17.9. The number of benzene rings is 2. The summed E-state index contributed by atoms with van der Waals surface area (Å²) in [5.41, 5.74) is 6.64. The summed E-state index contributed by atoms with van der Waals surface area (Å²) >= 11 is 1.59. The summed E-state index contributed by atoms with van der Waals surface area (Å²) in [6.07, 6.45) is 0. The van der Waals surface area contributed by atoms with Gasteiger partial charge in [-0.1, -0.05) is 0 Å². The Morgan fingerprint density at radius 3 is 2.50 bits per heavy atom. The van der Waals surface area contributed by atoms with Gasteiger partial charge in [0.25, 0.3) is 0 Å². The summed E-state index contributed by atoms with van der Waals surface area (Å²) < 4.78 is 23.2. The second-order valence-electron chi connectivity index (χ2n) is 4.76. The number of aliphatic imine (C=N–C) groups is 1. The average molecular weight is 349 g/mol. The van der Waals surface area contributed by atoms with E-state index in [0.29, 0.717) is 24.0 Å². The Morgan fingerprint density at radius 1 is 1.12 bits per heavy atom. The molecule has 5 nitrogen and oxygen atoms in total. The van der Waals surface area contributed by atoms with Gasteiger partial charge in [-0.15, -0.1) is 11.8 Å². The van der Waals surface area contributed by atoms with E-state index in [2.05, 4.69) is 10.3 Å². The van der Waals surface area contributed by atoms with Gasteiger partial charge in [-0.05, 0) is 36.4 Å². The monoisotopic (exact) mass is 349 g/mol. The number of hydrogen-bond acceptors (Lipinski definition) is 4. The summed E-state index contributed by atoms with van der Waals surface area (Å²) in [5.74, 6) is 2.10. The number of nitrogens with zero attached hydrogens (tertiary/aromatic N) is 1. The van der Waals surface area contributed by atoms with Crippen molar-refractivity contribution in [1.82, 2.24) is 0 Å². The fourth-order valence-electron chi connectivity index (χ4n) is 1.96. The van der Waals surface area contributed by atoms with Crippen molar-refractivity contribution in [2.45, 2.75) is 4.90 Å². The zero-order chi connectivity index (χ0) is 17.4. The fraction of sp³-hybridized carbons (Fsp3) is 0.235. The lowest BCUT2D eigenvalue weighted by Crippen LogP contribution is -2.23. The number of ether oxygens (including phenoxy) is 2. The molecule has 2 aromatic rings. The zero-order valence-corrected chi connectivity index (χ0v) is 14.4. The van der Waals surface area contributed by atoms with E-state index in [4.69, 9.17) is 15.2 Å². The van der Waals surface area contributed by atoms with Crippen LogP contribution >= 0.6 is 11.8 Å². The normalized spacial score (nSPS) is 11.2. The van der Waals surface area contributed by atoms with E-state index in [0.717, 1.165) is 16.3 Å². The second kappa shape index (κ2) is 9.02. The van der Waals surface area contributed by atoms with Gasteiger partial charge in [-0.3, -0.25) is 4.99 Å². The number of nitrogens with two attached hydrogens (primary N) is 1. The van der Waals surface area contributed by atoms with Crippen LogP contribution in [0, 0.1) is 5.82 Å². The molecule has 3 N–H and O–H groups in total. The number of methoxy groups -OCH3 is 2. The van der Waals surface area contributed by atoms with Gasteiger partial charge < -0.3 is 20.5 Å². The first-order valence-corrected chi connectivity index (χ1v) is 8.28. The van der Waals surface area contributed by atoms with Crippen molar-refractivity contribution in [3.05, 3.63) is 48.3 Å². The minimum Gasteiger partial charge on any atom is -0.493 e. The molecule has 0 aromatic heterocycles. The highest BCUT2D eigenvalue weighted by Crippen LogP contribution is 2.29. The summed E-state index contributed by atoms with van der Waals surface area (Å²) in [6.45, 7) is 0.550. The van der Waals surface area contributed by atoms with Crippen molar-refractivity contribution in [2.24, 2.45) is 10.7 Å². The summed E-state index contributed by atoms with van der Waals surface area (Å²) in [4.78, 5) is 5.26. The first-order chi connectivity index (χ1) is 11.6. The van der Waals surface area contributed by atoms with Crippen molar-refractivity contribution in [3.63, 3.8) is 0 Å². The number of anilines is 1. The van der Waals surface area contributed by atoms with Crippen LogP contribution in [-0.2, 0) is 0 Å². The van der Waals surface area contributed by atoms with Crippen molar-refractivity contribution in [2.75, 3.05) is 31.8 Å². The van der Waals surface area contributed by atoms with Gasteiger partial charge in [-0.2, -0.15) is 0 Å². The molecule has 128 valence electrons. The largest absolute Gasteiger partial charge is 0.493 e. The van der Waals surface area contributed by atoms with Crippen LogP contribution in [0.3, 0.4) is 0 Å². The van der Waals surface area contributed by atoms with Crippen LogP contribution in [0.25, 0.3) is 0 Å². The zero-order valence-electron chi connectivity index (χ0n) is 13.6. The molecule has 0 saturated carbocycles. The lowest BCUT2D eigenvalue weighted by molar-refractivity contribution is 0.355. The topological polar surface area (TPSA) is 68.9 Å². The van der Waals surface area contributed by atoms with E-state index >= 15 is 0 Å². The fourth-order valence-corrected chi connectivity index (χ4v) is 2.71. The molecular weight excluding hydrogens is 329 g/mol. The van der Waals surface area contributed by atoms with Crippen molar-refractivity contribution < 1.29 is 13.9 Å². The molecule has 0 aliphatic rings. The molecule has 2 aromatic carbocycles. The highest BCUT2D eigenvalue weighted by Gasteiger charge is 2.05. The van der Waals surface area contributed by atoms with E-state index < -0.39 is 0 Å². The maximum Gasteiger partial charge on any atom is 0.193 e. The minimum atomic E-state index is -0.235. The third kappa shape index (κ3) is 5.34. The molecule has 0 spiro atoms. The number of thioether (sulfide) groups is 1. The molecule has 7 heteroatoms. The van der Waals surface area contributed by atoms with Crippen LogP contribution in [0.1, 0.15) is 0 Å². The lowest BCUT2D eigenvalue weighted by Gasteiger charge is -2.10. The SMILES string of the molecule is COc1ccc(NC(N)=NCCSc2ccc(F)cc2)cc1OC. The maximum atomic E-state index is 12.8. The smallest absolute Gasteiger partial charge is 0.193 e. The van der Waals surface area contributed by atoms with Crippen molar-refractivity contribution in [3.8, 4) is 11.5 Å². The van der Waals surface area contributed by atoms with Gasteiger partial charge in [0.1, 0.15) is 5.82 Å². The first-order valence-electron chi connectivity index (χ1n) is 7.29. The molecule has 0 aliphatic carbocycles. The number of hydrogen-bond donors (Lipinski definition) is 2. The molecule has 0 bridgehead atoms. The van der Waals surface area contributed by atoms with Gasteiger partial charge in [0.15, 0.2) is 17.5 Å². The highest BCUT2D eigenvalue weighted by atomic mass is 32.2. The molecule has 2 rings (SSSR count). The van der Waals surface area contributed by atoms with E-state index in [1.807, 2.05) is 6.07 Å². The third-order valence-corrected chi connectivity index (χ3v) is 4.10. The lowest BCUT2D eigenvalue weighted by atomic mass is 10.3. The van der Waals surface area contributed by atoms with Crippen LogP contribution in [-0.4, -0.2) is 32.5 Å². The molecule has 0 fully saturated rings. The molecule has 0 aliphatic heterocycles. The number of nitrogens with one attached hydrogen (secondary N) is 1. The standard InChI is InChI=1S/C17H20FN3O2S/c1-22-15-8-5-13(11-16(15)23-2)21-17(19)20-9-10-24-14-6-3-12(18)4-7-14/h3-8,11H,9-10H2,1-2H3,(H3,19,20,21). The van der Waals surface area contributed by atoms with Crippen LogP contribution in [0.2, 0.25) is 0 Å². The van der Waals surface area contributed by atoms with E-state index in [-0.39, 0.29) is 5.82 Å². The van der Waals surface area contributed by atoms with Gasteiger partial charge in [0.05, 0.1) is 20.8 Å². The molecule has 0 heterocycles. The maximum absolute atomic E-state index is 12.8. The average Bonchev–Trinajstić information content (AvgIpc) is 2.60. The van der Waals surface area contributed by atoms with Crippen LogP contribution < -0.4 is 20.5 Å². The minimum absolute atomic E-state index is 0.235.